The van der Waals surface area contributed by atoms with Gasteiger partial charge in [-0.15, -0.1) is 0 Å². The molecule has 1 spiro atoms. The molecule has 2 aliphatic rings. The van der Waals surface area contributed by atoms with Gasteiger partial charge in [-0.2, -0.15) is 0 Å². The van der Waals surface area contributed by atoms with Crippen LogP contribution in [-0.4, -0.2) is 17.4 Å². The summed E-state index contributed by atoms with van der Waals surface area (Å²) < 4.78 is 5.19. The lowest BCUT2D eigenvalue weighted by Crippen LogP contribution is -2.31. The zero-order chi connectivity index (χ0) is 9.47. The topological polar surface area (TPSA) is 43.4 Å². The van der Waals surface area contributed by atoms with Gasteiger partial charge in [-0.3, -0.25) is 9.59 Å². The number of ketones is 1. The SMILES string of the molecule is CC1CC(=O)OC12C=CC(=O)C=C2. The third-order valence-electron chi connectivity index (χ3n) is 2.55. The van der Waals surface area contributed by atoms with Crippen LogP contribution >= 0.6 is 0 Å². The second kappa shape index (κ2) is 2.55. The summed E-state index contributed by atoms with van der Waals surface area (Å²) in [4.78, 5) is 21.9. The Bertz CT molecular complexity index is 309. The molecule has 1 heterocycles. The normalized spacial score (nSPS) is 29.8. The van der Waals surface area contributed by atoms with Gasteiger partial charge in [0.15, 0.2) is 11.4 Å². The number of hydrogen-bond acceptors (Lipinski definition) is 3. The average Bonchev–Trinajstić information content (AvgIpc) is 2.34. The van der Waals surface area contributed by atoms with Crippen LogP contribution in [0.3, 0.4) is 0 Å². The van der Waals surface area contributed by atoms with Crippen molar-refractivity contribution in [1.82, 2.24) is 0 Å². The van der Waals surface area contributed by atoms with E-state index in [4.69, 9.17) is 4.74 Å². The van der Waals surface area contributed by atoms with Gasteiger partial charge in [0.2, 0.25) is 0 Å². The molecule has 0 saturated carbocycles. The van der Waals surface area contributed by atoms with E-state index < -0.39 is 5.60 Å². The van der Waals surface area contributed by atoms with Crippen LogP contribution < -0.4 is 0 Å². The van der Waals surface area contributed by atoms with Gasteiger partial charge >= 0.3 is 5.97 Å². The number of carbonyl (C=O) groups is 2. The zero-order valence-corrected chi connectivity index (χ0v) is 7.32. The van der Waals surface area contributed by atoms with Crippen LogP contribution in [0.15, 0.2) is 24.3 Å². The molecule has 0 bridgehead atoms. The Morgan fingerprint density at radius 2 is 2.00 bits per heavy atom. The van der Waals surface area contributed by atoms with Crippen LogP contribution in [0.25, 0.3) is 0 Å². The van der Waals surface area contributed by atoms with Crippen molar-refractivity contribution in [3.63, 3.8) is 0 Å². The molecule has 0 aromatic carbocycles. The lowest BCUT2D eigenvalue weighted by Gasteiger charge is -2.26. The van der Waals surface area contributed by atoms with Gasteiger partial charge in [0, 0.05) is 5.92 Å². The smallest absolute Gasteiger partial charge is 0.307 e. The lowest BCUT2D eigenvalue weighted by atomic mass is 9.85. The summed E-state index contributed by atoms with van der Waals surface area (Å²) in [5.41, 5.74) is -0.648. The van der Waals surface area contributed by atoms with E-state index in [9.17, 15) is 9.59 Å². The molecule has 0 amide bonds. The molecule has 1 saturated heterocycles. The first-order chi connectivity index (χ1) is 6.12. The van der Waals surface area contributed by atoms with Crippen molar-refractivity contribution in [2.24, 2.45) is 5.92 Å². The van der Waals surface area contributed by atoms with E-state index in [0.717, 1.165) is 0 Å². The molecule has 2 rings (SSSR count). The Hall–Kier alpha value is -1.38. The molecule has 1 fully saturated rings. The zero-order valence-electron chi connectivity index (χ0n) is 7.32. The maximum absolute atomic E-state index is 11.0. The van der Waals surface area contributed by atoms with E-state index in [1.165, 1.54) is 12.2 Å². The van der Waals surface area contributed by atoms with Crippen LogP contribution in [0.4, 0.5) is 0 Å². The van der Waals surface area contributed by atoms with Crippen molar-refractivity contribution in [3.05, 3.63) is 24.3 Å². The summed E-state index contributed by atoms with van der Waals surface area (Å²) >= 11 is 0. The van der Waals surface area contributed by atoms with Gasteiger partial charge < -0.3 is 4.74 Å². The van der Waals surface area contributed by atoms with Crippen molar-refractivity contribution in [2.45, 2.75) is 18.9 Å². The number of esters is 1. The molecule has 0 N–H and O–H groups in total. The van der Waals surface area contributed by atoms with E-state index >= 15 is 0 Å². The van der Waals surface area contributed by atoms with Gasteiger partial charge in [-0.05, 0) is 24.3 Å². The molecule has 13 heavy (non-hydrogen) atoms. The van der Waals surface area contributed by atoms with Crippen molar-refractivity contribution < 1.29 is 14.3 Å². The fourth-order valence-electron chi connectivity index (χ4n) is 1.68. The molecule has 68 valence electrons. The number of carbonyl (C=O) groups excluding carboxylic acids is 2. The summed E-state index contributed by atoms with van der Waals surface area (Å²) in [6, 6.07) is 0. The highest BCUT2D eigenvalue weighted by Crippen LogP contribution is 2.36. The molecule has 0 radical (unpaired) electrons. The fourth-order valence-corrected chi connectivity index (χ4v) is 1.68. The van der Waals surface area contributed by atoms with E-state index in [1.54, 1.807) is 12.2 Å². The Morgan fingerprint density at radius 1 is 1.38 bits per heavy atom. The molecule has 3 nitrogen and oxygen atoms in total. The first kappa shape index (κ1) is 8.23. The summed E-state index contributed by atoms with van der Waals surface area (Å²) in [6.45, 7) is 1.94. The fraction of sp³-hybridized carbons (Fsp3) is 0.400. The largest absolute Gasteiger partial charge is 0.450 e. The van der Waals surface area contributed by atoms with Crippen LogP contribution in [0.1, 0.15) is 13.3 Å². The predicted octanol–water partition coefficient (Wildman–Crippen LogP) is 1.00. The van der Waals surface area contributed by atoms with Crippen molar-refractivity contribution in [1.29, 1.82) is 0 Å². The minimum absolute atomic E-state index is 0.0548. The molecule has 0 aromatic rings. The summed E-state index contributed by atoms with van der Waals surface area (Å²) in [5, 5.41) is 0. The Kier molecular flexibility index (Phi) is 1.62. The Balaban J connectivity index is 2.32. The monoisotopic (exact) mass is 178 g/mol. The van der Waals surface area contributed by atoms with Crippen LogP contribution in [-0.2, 0) is 14.3 Å². The lowest BCUT2D eigenvalue weighted by molar-refractivity contribution is -0.143. The maximum Gasteiger partial charge on any atom is 0.307 e. The quantitative estimate of drug-likeness (QED) is 0.520. The second-order valence-corrected chi connectivity index (χ2v) is 3.50. The number of rotatable bonds is 0. The molecule has 0 aromatic heterocycles. The van der Waals surface area contributed by atoms with Crippen LogP contribution in [0.5, 0.6) is 0 Å². The standard InChI is InChI=1S/C10H10O3/c1-7-6-9(12)13-10(7)4-2-8(11)3-5-10/h2-5,7H,6H2,1H3. The van der Waals surface area contributed by atoms with E-state index in [-0.39, 0.29) is 17.7 Å². The van der Waals surface area contributed by atoms with Gasteiger partial charge in [-0.25, -0.2) is 0 Å². The van der Waals surface area contributed by atoms with Gasteiger partial charge in [-0.1, -0.05) is 6.92 Å². The molecule has 1 aliphatic heterocycles. The van der Waals surface area contributed by atoms with E-state index in [2.05, 4.69) is 0 Å². The summed E-state index contributed by atoms with van der Waals surface area (Å²) in [6.07, 6.45) is 6.67. The Morgan fingerprint density at radius 3 is 2.46 bits per heavy atom. The van der Waals surface area contributed by atoms with E-state index in [0.29, 0.717) is 6.42 Å². The molecular weight excluding hydrogens is 168 g/mol. The van der Waals surface area contributed by atoms with Crippen molar-refractivity contribution >= 4 is 11.8 Å². The van der Waals surface area contributed by atoms with Gasteiger partial charge in [0.25, 0.3) is 0 Å². The first-order valence-corrected chi connectivity index (χ1v) is 4.27. The molecule has 1 atom stereocenters. The number of allylic oxidation sites excluding steroid dienone is 2. The number of hydrogen-bond donors (Lipinski definition) is 0. The highest BCUT2D eigenvalue weighted by atomic mass is 16.6. The second-order valence-electron chi connectivity index (χ2n) is 3.50. The summed E-state index contributed by atoms with van der Waals surface area (Å²) in [5.74, 6) is -0.141. The summed E-state index contributed by atoms with van der Waals surface area (Å²) in [7, 11) is 0. The molecule has 1 aliphatic carbocycles. The first-order valence-electron chi connectivity index (χ1n) is 4.27. The average molecular weight is 178 g/mol. The Labute approximate surface area is 76.1 Å². The number of ether oxygens (including phenoxy) is 1. The molecule has 1 unspecified atom stereocenters. The highest BCUT2D eigenvalue weighted by molar-refractivity contribution is 6.00. The third kappa shape index (κ3) is 1.20. The minimum Gasteiger partial charge on any atom is -0.450 e. The predicted molar refractivity (Wildman–Crippen MR) is 45.9 cm³/mol. The van der Waals surface area contributed by atoms with E-state index in [1.807, 2.05) is 6.92 Å². The molecular formula is C10H10O3. The molecule has 3 heteroatoms. The maximum atomic E-state index is 11.0. The van der Waals surface area contributed by atoms with Crippen molar-refractivity contribution in [2.75, 3.05) is 0 Å². The van der Waals surface area contributed by atoms with Crippen molar-refractivity contribution in [3.8, 4) is 0 Å². The highest BCUT2D eigenvalue weighted by Gasteiger charge is 2.43. The van der Waals surface area contributed by atoms with Gasteiger partial charge in [0.05, 0.1) is 6.42 Å². The van der Waals surface area contributed by atoms with Crippen LogP contribution in [0.2, 0.25) is 0 Å². The minimum atomic E-state index is -0.648. The third-order valence-corrected chi connectivity index (χ3v) is 2.55. The van der Waals surface area contributed by atoms with Crippen LogP contribution in [0, 0.1) is 5.92 Å². The van der Waals surface area contributed by atoms with Gasteiger partial charge in [0.1, 0.15) is 0 Å².